The summed E-state index contributed by atoms with van der Waals surface area (Å²) in [5.74, 6) is -2.08. The van der Waals surface area contributed by atoms with Crippen molar-refractivity contribution in [3.63, 3.8) is 0 Å². The third kappa shape index (κ3) is 4.72. The molecule has 4 rings (SSSR count). The first-order valence-corrected chi connectivity index (χ1v) is 11.7. The van der Waals surface area contributed by atoms with Crippen molar-refractivity contribution in [2.45, 2.75) is 37.1 Å². The van der Waals surface area contributed by atoms with Crippen LogP contribution in [-0.2, 0) is 20.8 Å². The maximum Gasteiger partial charge on any atom is 0.307 e. The molecule has 2 aromatic carbocycles. The molecule has 1 aliphatic carbocycles. The number of carboxylic acids is 1. The SMILES string of the molecule is C[C@@H]1Cc2ccccc2N1C(=O)CSc1ccc(NC(=O)[C@H]2CC=CC[C@H]2C(=O)O)cc1. The Morgan fingerprint density at radius 2 is 1.72 bits per heavy atom. The predicted octanol–water partition coefficient (Wildman–Crippen LogP) is 4.36. The molecule has 166 valence electrons. The number of hydrogen-bond acceptors (Lipinski definition) is 4. The van der Waals surface area contributed by atoms with Crippen LogP contribution in [0.5, 0.6) is 0 Å². The lowest BCUT2D eigenvalue weighted by atomic mass is 9.82. The number of hydrogen-bond donors (Lipinski definition) is 2. The molecule has 0 saturated carbocycles. The Labute approximate surface area is 191 Å². The summed E-state index contributed by atoms with van der Waals surface area (Å²) in [7, 11) is 0. The summed E-state index contributed by atoms with van der Waals surface area (Å²) in [6.45, 7) is 2.07. The van der Waals surface area contributed by atoms with E-state index in [0.29, 0.717) is 24.3 Å². The number of rotatable bonds is 6. The van der Waals surface area contributed by atoms with E-state index in [4.69, 9.17) is 0 Å². The molecule has 7 heteroatoms. The Bertz CT molecular complexity index is 1050. The molecule has 0 aromatic heterocycles. The fourth-order valence-corrected chi connectivity index (χ4v) is 5.16. The van der Waals surface area contributed by atoms with Crippen LogP contribution in [0.15, 0.2) is 65.6 Å². The van der Waals surface area contributed by atoms with Crippen LogP contribution in [0.25, 0.3) is 0 Å². The first-order chi connectivity index (χ1) is 15.4. The van der Waals surface area contributed by atoms with Gasteiger partial charge in [-0.1, -0.05) is 30.4 Å². The summed E-state index contributed by atoms with van der Waals surface area (Å²) >= 11 is 1.46. The maximum absolute atomic E-state index is 12.9. The molecular formula is C25H26N2O4S. The number of aliphatic carboxylic acids is 1. The number of carbonyl (C=O) groups excluding carboxylic acids is 2. The van der Waals surface area contributed by atoms with Gasteiger partial charge in [0.25, 0.3) is 0 Å². The summed E-state index contributed by atoms with van der Waals surface area (Å²) in [4.78, 5) is 39.7. The van der Waals surface area contributed by atoms with Gasteiger partial charge >= 0.3 is 5.97 Å². The molecule has 2 aliphatic rings. The number of carbonyl (C=O) groups is 3. The van der Waals surface area contributed by atoms with E-state index < -0.39 is 17.8 Å². The zero-order valence-electron chi connectivity index (χ0n) is 17.9. The van der Waals surface area contributed by atoms with Crippen molar-refractivity contribution in [2.24, 2.45) is 11.8 Å². The highest BCUT2D eigenvalue weighted by Gasteiger charge is 2.34. The lowest BCUT2D eigenvalue weighted by Crippen LogP contribution is -2.36. The molecule has 6 nitrogen and oxygen atoms in total. The van der Waals surface area contributed by atoms with E-state index >= 15 is 0 Å². The molecule has 2 aromatic rings. The minimum atomic E-state index is -0.944. The van der Waals surface area contributed by atoms with E-state index in [2.05, 4.69) is 18.3 Å². The second-order valence-corrected chi connectivity index (χ2v) is 9.29. The Kier molecular flexibility index (Phi) is 6.65. The van der Waals surface area contributed by atoms with Gasteiger partial charge in [0.15, 0.2) is 0 Å². The second-order valence-electron chi connectivity index (χ2n) is 8.24. The average Bonchev–Trinajstić information content (AvgIpc) is 3.14. The summed E-state index contributed by atoms with van der Waals surface area (Å²) in [6.07, 6.45) is 5.35. The van der Waals surface area contributed by atoms with E-state index in [-0.39, 0.29) is 17.9 Å². The highest BCUT2D eigenvalue weighted by molar-refractivity contribution is 8.00. The van der Waals surface area contributed by atoms with Crippen molar-refractivity contribution in [3.8, 4) is 0 Å². The maximum atomic E-state index is 12.9. The minimum absolute atomic E-state index is 0.0786. The van der Waals surface area contributed by atoms with Gasteiger partial charge in [0.1, 0.15) is 0 Å². The van der Waals surface area contributed by atoms with Crippen molar-refractivity contribution >= 4 is 40.9 Å². The zero-order valence-corrected chi connectivity index (χ0v) is 18.7. The molecule has 0 saturated heterocycles. The quantitative estimate of drug-likeness (QED) is 0.504. The van der Waals surface area contributed by atoms with Crippen LogP contribution in [0, 0.1) is 11.8 Å². The molecule has 0 fully saturated rings. The fraction of sp³-hybridized carbons (Fsp3) is 0.320. The van der Waals surface area contributed by atoms with Crippen LogP contribution in [0.2, 0.25) is 0 Å². The van der Waals surface area contributed by atoms with Crippen LogP contribution in [0.3, 0.4) is 0 Å². The van der Waals surface area contributed by atoms with Crippen LogP contribution >= 0.6 is 11.8 Å². The number of benzene rings is 2. The highest BCUT2D eigenvalue weighted by atomic mass is 32.2. The Hall–Kier alpha value is -3.06. The summed E-state index contributed by atoms with van der Waals surface area (Å²) < 4.78 is 0. The van der Waals surface area contributed by atoms with Gasteiger partial charge in [-0.3, -0.25) is 14.4 Å². The van der Waals surface area contributed by atoms with Gasteiger partial charge in [-0.15, -0.1) is 11.8 Å². The molecule has 2 N–H and O–H groups in total. The van der Waals surface area contributed by atoms with E-state index in [1.54, 1.807) is 12.1 Å². The third-order valence-corrected chi connectivity index (χ3v) is 7.04. The number of thioether (sulfide) groups is 1. The van der Waals surface area contributed by atoms with Gasteiger partial charge < -0.3 is 15.3 Å². The normalized spacial score (nSPS) is 21.8. The Balaban J connectivity index is 1.33. The molecule has 32 heavy (non-hydrogen) atoms. The molecule has 0 radical (unpaired) electrons. The number of allylic oxidation sites excluding steroid dienone is 2. The predicted molar refractivity (Wildman–Crippen MR) is 126 cm³/mol. The first-order valence-electron chi connectivity index (χ1n) is 10.8. The van der Waals surface area contributed by atoms with Gasteiger partial charge in [-0.25, -0.2) is 0 Å². The van der Waals surface area contributed by atoms with Crippen molar-refractivity contribution in [2.75, 3.05) is 16.0 Å². The van der Waals surface area contributed by atoms with Crippen LogP contribution in [0.4, 0.5) is 11.4 Å². The number of anilines is 2. The topological polar surface area (TPSA) is 86.7 Å². The van der Waals surface area contributed by atoms with Crippen LogP contribution in [0.1, 0.15) is 25.3 Å². The minimum Gasteiger partial charge on any atom is -0.481 e. The van der Waals surface area contributed by atoms with Crippen LogP contribution < -0.4 is 10.2 Å². The van der Waals surface area contributed by atoms with Gasteiger partial charge in [-0.05, 0) is 62.1 Å². The number of carboxylic acid groups (broad SMARTS) is 1. The standard InChI is InChI=1S/C25H26N2O4S/c1-16-14-17-6-2-5-9-22(17)27(16)23(28)15-32-19-12-10-18(11-13-19)26-24(29)20-7-3-4-8-21(20)25(30)31/h2-6,9-13,16,20-21H,7-8,14-15H2,1H3,(H,26,29)(H,30,31)/t16-,20+,21-/m1/s1. The fourth-order valence-electron chi connectivity index (χ4n) is 4.41. The molecule has 0 spiro atoms. The number of nitrogens with zero attached hydrogens (tertiary/aromatic N) is 1. The van der Waals surface area contributed by atoms with Crippen molar-refractivity contribution in [1.82, 2.24) is 0 Å². The van der Waals surface area contributed by atoms with Crippen LogP contribution in [-0.4, -0.2) is 34.7 Å². The first kappa shape index (κ1) is 22.1. The zero-order chi connectivity index (χ0) is 22.7. The number of fused-ring (bicyclic) bond motifs is 1. The third-order valence-electron chi connectivity index (χ3n) is 6.05. The molecular weight excluding hydrogens is 424 g/mol. The van der Waals surface area contributed by atoms with E-state index in [1.807, 2.05) is 47.4 Å². The summed E-state index contributed by atoms with van der Waals surface area (Å²) in [6, 6.07) is 15.5. The van der Waals surface area contributed by atoms with Crippen molar-refractivity contribution in [1.29, 1.82) is 0 Å². The Morgan fingerprint density at radius 3 is 2.44 bits per heavy atom. The molecule has 1 heterocycles. The molecule has 3 atom stereocenters. The van der Waals surface area contributed by atoms with E-state index in [0.717, 1.165) is 17.0 Å². The molecule has 2 amide bonds. The lowest BCUT2D eigenvalue weighted by Gasteiger charge is -2.24. The largest absolute Gasteiger partial charge is 0.481 e. The number of nitrogens with one attached hydrogen (secondary N) is 1. The van der Waals surface area contributed by atoms with Crippen molar-refractivity contribution < 1.29 is 19.5 Å². The monoisotopic (exact) mass is 450 g/mol. The smallest absolute Gasteiger partial charge is 0.307 e. The van der Waals surface area contributed by atoms with Gasteiger partial charge in [0, 0.05) is 22.3 Å². The Morgan fingerprint density at radius 1 is 1.03 bits per heavy atom. The van der Waals surface area contributed by atoms with Gasteiger partial charge in [-0.2, -0.15) is 0 Å². The number of amides is 2. The van der Waals surface area contributed by atoms with E-state index in [1.165, 1.54) is 17.3 Å². The second kappa shape index (κ2) is 9.61. The number of para-hydroxylation sites is 1. The molecule has 0 bridgehead atoms. The van der Waals surface area contributed by atoms with Gasteiger partial charge in [0.2, 0.25) is 11.8 Å². The lowest BCUT2D eigenvalue weighted by molar-refractivity contribution is -0.146. The van der Waals surface area contributed by atoms with Crippen molar-refractivity contribution in [3.05, 3.63) is 66.2 Å². The average molecular weight is 451 g/mol. The summed E-state index contributed by atoms with van der Waals surface area (Å²) in [5.41, 5.74) is 2.82. The highest BCUT2D eigenvalue weighted by Crippen LogP contribution is 2.33. The van der Waals surface area contributed by atoms with Gasteiger partial charge in [0.05, 0.1) is 17.6 Å². The summed E-state index contributed by atoms with van der Waals surface area (Å²) in [5, 5.41) is 12.2. The molecule has 1 aliphatic heterocycles. The molecule has 0 unspecified atom stereocenters. The van der Waals surface area contributed by atoms with E-state index in [9.17, 15) is 19.5 Å².